The molecule has 0 radical (unpaired) electrons. The van der Waals surface area contributed by atoms with Crippen LogP contribution in [0.2, 0.25) is 0 Å². The summed E-state index contributed by atoms with van der Waals surface area (Å²) in [6, 6.07) is 23.7. The summed E-state index contributed by atoms with van der Waals surface area (Å²) in [5, 5.41) is 11.8. The van der Waals surface area contributed by atoms with E-state index in [-0.39, 0.29) is 18.4 Å². The molecule has 0 saturated carbocycles. The van der Waals surface area contributed by atoms with Gasteiger partial charge in [0.25, 0.3) is 0 Å². The van der Waals surface area contributed by atoms with Gasteiger partial charge in [-0.15, -0.1) is 0 Å². The molecule has 10 heteroatoms. The predicted octanol–water partition coefficient (Wildman–Crippen LogP) is 3.90. The first kappa shape index (κ1) is 33.7. The molecule has 0 fully saturated rings. The molecule has 0 bridgehead atoms. The molecule has 0 spiro atoms. The number of carbonyl (C=O) groups excluding carboxylic acids is 3. The van der Waals surface area contributed by atoms with Gasteiger partial charge in [-0.05, 0) is 48.1 Å². The second kappa shape index (κ2) is 18.7. The Morgan fingerprint density at radius 1 is 0.841 bits per heavy atom. The highest BCUT2D eigenvalue weighted by Gasteiger charge is 2.21. The van der Waals surface area contributed by atoms with E-state index in [1.54, 1.807) is 33.4 Å². The van der Waals surface area contributed by atoms with Crippen LogP contribution in [-0.4, -0.2) is 57.8 Å². The van der Waals surface area contributed by atoms with Crippen molar-refractivity contribution >= 4 is 17.9 Å². The van der Waals surface area contributed by atoms with Crippen LogP contribution in [0, 0.1) is 0 Å². The first-order valence-electron chi connectivity index (χ1n) is 14.5. The smallest absolute Gasteiger partial charge is 0.407 e. The van der Waals surface area contributed by atoms with E-state index < -0.39 is 18.2 Å². The average molecular weight is 603 g/mol. The standard InChI is InChI=1S/C34H42N4O6/c1-35-32(39)17-16-28(19-25-11-6-4-7-12-25)38-33(40)31(37-23-27-20-29(42-2)22-30(21-27)43-3)15-10-18-36-34(41)44-24-26-13-8-5-9-14-26/h4-9,11-14,16-17,20-22,28,31,37H,10,15,18-19,23-24H2,1-3H3,(H,35,39)(H,36,41)(H,38,40)/b17-16+/t28-,31-/m1/s1. The van der Waals surface area contributed by atoms with Crippen LogP contribution in [0.3, 0.4) is 0 Å². The lowest BCUT2D eigenvalue weighted by atomic mass is 10.0. The zero-order valence-corrected chi connectivity index (χ0v) is 25.5. The zero-order chi connectivity index (χ0) is 31.6. The third-order valence-corrected chi connectivity index (χ3v) is 6.78. The number of alkyl carbamates (subject to hydrolysis) is 1. The SMILES string of the molecule is CNC(=O)/C=C/[C@H](Cc1ccccc1)NC(=O)[C@@H](CCCNC(=O)OCc1ccccc1)NCc1cc(OC)cc(OC)c1. The van der Waals surface area contributed by atoms with E-state index in [0.717, 1.165) is 16.7 Å². The number of methoxy groups -OCH3 is 2. The van der Waals surface area contributed by atoms with Gasteiger partial charge >= 0.3 is 6.09 Å². The van der Waals surface area contributed by atoms with Crippen molar-refractivity contribution < 1.29 is 28.6 Å². The molecule has 0 unspecified atom stereocenters. The van der Waals surface area contributed by atoms with E-state index in [9.17, 15) is 14.4 Å². The molecule has 0 aliphatic rings. The molecule has 0 aromatic heterocycles. The van der Waals surface area contributed by atoms with Crippen LogP contribution in [0.4, 0.5) is 4.79 Å². The van der Waals surface area contributed by atoms with Crippen molar-refractivity contribution in [1.29, 1.82) is 0 Å². The molecule has 3 aromatic rings. The van der Waals surface area contributed by atoms with Gasteiger partial charge in [-0.2, -0.15) is 0 Å². The molecule has 0 heterocycles. The van der Waals surface area contributed by atoms with Gasteiger partial charge in [0.1, 0.15) is 18.1 Å². The third-order valence-electron chi connectivity index (χ3n) is 6.78. The lowest BCUT2D eigenvalue weighted by Gasteiger charge is -2.23. The number of benzene rings is 3. The summed E-state index contributed by atoms with van der Waals surface area (Å²) < 4.78 is 16.1. The van der Waals surface area contributed by atoms with Gasteiger partial charge in [0, 0.05) is 32.3 Å². The highest BCUT2D eigenvalue weighted by molar-refractivity contribution is 5.87. The van der Waals surface area contributed by atoms with E-state index >= 15 is 0 Å². The van der Waals surface area contributed by atoms with Crippen molar-refractivity contribution in [2.75, 3.05) is 27.8 Å². The molecule has 3 rings (SSSR count). The van der Waals surface area contributed by atoms with Crippen LogP contribution < -0.4 is 30.7 Å². The Labute approximate surface area is 259 Å². The molecule has 0 saturated heterocycles. The maximum absolute atomic E-state index is 13.6. The number of amides is 3. The first-order valence-corrected chi connectivity index (χ1v) is 14.5. The van der Waals surface area contributed by atoms with Crippen LogP contribution in [0.25, 0.3) is 0 Å². The topological polar surface area (TPSA) is 127 Å². The fraction of sp³-hybridized carbons (Fsp3) is 0.324. The molecule has 10 nitrogen and oxygen atoms in total. The Morgan fingerprint density at radius 3 is 2.09 bits per heavy atom. The van der Waals surface area contributed by atoms with Gasteiger partial charge in [0.2, 0.25) is 11.8 Å². The van der Waals surface area contributed by atoms with E-state index in [1.165, 1.54) is 6.08 Å². The fourth-order valence-corrected chi connectivity index (χ4v) is 4.41. The predicted molar refractivity (Wildman–Crippen MR) is 169 cm³/mol. The second-order valence-electron chi connectivity index (χ2n) is 10.1. The summed E-state index contributed by atoms with van der Waals surface area (Å²) in [6.45, 7) is 0.876. The summed E-state index contributed by atoms with van der Waals surface area (Å²) in [7, 11) is 4.72. The van der Waals surface area contributed by atoms with Crippen LogP contribution in [0.15, 0.2) is 91.0 Å². The average Bonchev–Trinajstić information content (AvgIpc) is 3.06. The van der Waals surface area contributed by atoms with Crippen molar-refractivity contribution in [3.8, 4) is 11.5 Å². The molecule has 3 aromatic carbocycles. The minimum Gasteiger partial charge on any atom is -0.497 e. The number of carbonyl (C=O) groups is 3. The molecule has 0 aliphatic heterocycles. The number of hydrogen-bond donors (Lipinski definition) is 4. The van der Waals surface area contributed by atoms with E-state index in [1.807, 2.05) is 72.8 Å². The number of nitrogens with one attached hydrogen (secondary N) is 4. The lowest BCUT2D eigenvalue weighted by Crippen LogP contribution is -2.48. The number of likely N-dealkylation sites (N-methyl/N-ethyl adjacent to an activating group) is 1. The van der Waals surface area contributed by atoms with Gasteiger partial charge in [0.15, 0.2) is 0 Å². The van der Waals surface area contributed by atoms with Crippen molar-refractivity contribution in [2.45, 2.75) is 44.5 Å². The summed E-state index contributed by atoms with van der Waals surface area (Å²) in [6.07, 6.45) is 4.05. The molecular weight excluding hydrogens is 560 g/mol. The quantitative estimate of drug-likeness (QED) is 0.136. The number of rotatable bonds is 17. The number of ether oxygens (including phenoxy) is 3. The molecule has 2 atom stereocenters. The normalized spacial score (nSPS) is 12.2. The van der Waals surface area contributed by atoms with Crippen LogP contribution >= 0.6 is 0 Å². The molecule has 0 aliphatic carbocycles. The van der Waals surface area contributed by atoms with Gasteiger partial charge < -0.3 is 35.5 Å². The zero-order valence-electron chi connectivity index (χ0n) is 25.5. The van der Waals surface area contributed by atoms with E-state index in [4.69, 9.17) is 14.2 Å². The van der Waals surface area contributed by atoms with Gasteiger partial charge in [-0.1, -0.05) is 66.7 Å². The van der Waals surface area contributed by atoms with E-state index in [0.29, 0.717) is 43.9 Å². The largest absolute Gasteiger partial charge is 0.497 e. The highest BCUT2D eigenvalue weighted by atomic mass is 16.5. The van der Waals surface area contributed by atoms with Crippen molar-refractivity contribution in [2.24, 2.45) is 0 Å². The van der Waals surface area contributed by atoms with Crippen LogP contribution in [0.1, 0.15) is 29.5 Å². The summed E-state index contributed by atoms with van der Waals surface area (Å²) >= 11 is 0. The van der Waals surface area contributed by atoms with Gasteiger partial charge in [-0.25, -0.2) is 4.79 Å². The second-order valence-corrected chi connectivity index (χ2v) is 10.1. The third kappa shape index (κ3) is 12.2. The summed E-state index contributed by atoms with van der Waals surface area (Å²) in [4.78, 5) is 37.8. The van der Waals surface area contributed by atoms with Crippen molar-refractivity contribution in [1.82, 2.24) is 21.3 Å². The van der Waals surface area contributed by atoms with Crippen molar-refractivity contribution in [3.63, 3.8) is 0 Å². The maximum Gasteiger partial charge on any atom is 0.407 e. The maximum atomic E-state index is 13.6. The minimum atomic E-state index is -0.596. The summed E-state index contributed by atoms with van der Waals surface area (Å²) in [5.41, 5.74) is 2.79. The first-order chi connectivity index (χ1) is 21.4. The molecule has 3 amide bonds. The number of hydrogen-bond acceptors (Lipinski definition) is 7. The Hall–Kier alpha value is -4.83. The van der Waals surface area contributed by atoms with E-state index in [2.05, 4.69) is 21.3 Å². The highest BCUT2D eigenvalue weighted by Crippen LogP contribution is 2.22. The minimum absolute atomic E-state index is 0.176. The summed E-state index contributed by atoms with van der Waals surface area (Å²) in [5.74, 6) is 0.795. The Balaban J connectivity index is 1.66. The lowest BCUT2D eigenvalue weighted by molar-refractivity contribution is -0.124. The van der Waals surface area contributed by atoms with Gasteiger partial charge in [0.05, 0.1) is 26.3 Å². The van der Waals surface area contributed by atoms with Crippen molar-refractivity contribution in [3.05, 3.63) is 108 Å². The van der Waals surface area contributed by atoms with Crippen LogP contribution in [0.5, 0.6) is 11.5 Å². The molecular formula is C34H42N4O6. The Bertz CT molecular complexity index is 1330. The molecule has 44 heavy (non-hydrogen) atoms. The molecule has 234 valence electrons. The van der Waals surface area contributed by atoms with Crippen LogP contribution in [-0.2, 0) is 33.9 Å². The monoisotopic (exact) mass is 602 g/mol. The molecule has 4 N–H and O–H groups in total. The Morgan fingerprint density at radius 2 is 1.48 bits per heavy atom. The fourth-order valence-electron chi connectivity index (χ4n) is 4.41. The Kier molecular flexibility index (Phi) is 14.3. The van der Waals surface area contributed by atoms with Gasteiger partial charge in [-0.3, -0.25) is 9.59 Å².